The van der Waals surface area contributed by atoms with E-state index in [2.05, 4.69) is 12.6 Å². The van der Waals surface area contributed by atoms with E-state index >= 15 is 0 Å². The Hall–Kier alpha value is -0.650. The van der Waals surface area contributed by atoms with Gasteiger partial charge < -0.3 is 5.11 Å². The van der Waals surface area contributed by atoms with Crippen molar-refractivity contribution in [3.8, 4) is 0 Å². The van der Waals surface area contributed by atoms with Crippen molar-refractivity contribution in [3.05, 3.63) is 11.6 Å². The first kappa shape index (κ1) is 18.2. The second-order valence-corrected chi connectivity index (χ2v) is 8.84. The van der Waals surface area contributed by atoms with Gasteiger partial charge in [0, 0.05) is 0 Å². The molecule has 2 nitrogen and oxygen atoms in total. The average molecular weight is 362 g/mol. The summed E-state index contributed by atoms with van der Waals surface area (Å²) in [6, 6.07) is 0. The molecular weight excluding hydrogens is 337 g/mol. The number of hydrogen-bond donors (Lipinski definition) is 2. The zero-order valence-corrected chi connectivity index (χ0v) is 14.6. The number of alkyl halides is 3. The zero-order chi connectivity index (χ0) is 17.6. The summed E-state index contributed by atoms with van der Waals surface area (Å²) in [6.07, 6.45) is 5.20. The highest BCUT2D eigenvalue weighted by Gasteiger charge is 2.56. The molecule has 6 heteroatoms. The van der Waals surface area contributed by atoms with Gasteiger partial charge in [-0.1, -0.05) is 6.08 Å². The summed E-state index contributed by atoms with van der Waals surface area (Å²) >= 11 is 4.42. The molecule has 0 radical (unpaired) electrons. The van der Waals surface area contributed by atoms with Crippen LogP contribution in [0, 0.1) is 22.7 Å². The molecule has 24 heavy (non-hydrogen) atoms. The van der Waals surface area contributed by atoms with Crippen LogP contribution in [0.25, 0.3) is 0 Å². The third kappa shape index (κ3) is 3.49. The molecule has 1 N–H and O–H groups in total. The molecule has 0 aromatic heterocycles. The Kier molecular flexibility index (Phi) is 4.73. The Morgan fingerprint density at radius 1 is 1.12 bits per heavy atom. The number of thiol groups is 1. The Labute approximate surface area is 146 Å². The van der Waals surface area contributed by atoms with E-state index in [-0.39, 0.29) is 11.8 Å². The fraction of sp³-hybridized carbons (Fsp3) is 0.833. The van der Waals surface area contributed by atoms with E-state index in [1.165, 1.54) is 19.3 Å². The molecule has 4 saturated carbocycles. The lowest BCUT2D eigenvalue weighted by atomic mass is 9.43. The quantitative estimate of drug-likeness (QED) is 0.500. The first-order chi connectivity index (χ1) is 11.2. The largest absolute Gasteiger partial charge is 0.478 e. The average Bonchev–Trinajstić information content (AvgIpc) is 2.40. The van der Waals surface area contributed by atoms with E-state index in [0.717, 1.165) is 37.5 Å². The van der Waals surface area contributed by atoms with Gasteiger partial charge in [0.15, 0.2) is 0 Å². The maximum absolute atomic E-state index is 12.8. The number of rotatable bonds is 6. The first-order valence-corrected chi connectivity index (χ1v) is 9.42. The minimum atomic E-state index is -4.78. The van der Waals surface area contributed by atoms with Crippen molar-refractivity contribution in [3.63, 3.8) is 0 Å². The van der Waals surface area contributed by atoms with Gasteiger partial charge in [0.2, 0.25) is 0 Å². The molecule has 4 bridgehead atoms. The molecule has 4 rings (SSSR count). The number of allylic oxidation sites excluding steroid dienone is 1. The fourth-order valence-corrected chi connectivity index (χ4v) is 6.79. The van der Waals surface area contributed by atoms with Gasteiger partial charge in [-0.2, -0.15) is 25.8 Å². The van der Waals surface area contributed by atoms with Gasteiger partial charge >= 0.3 is 12.1 Å². The van der Waals surface area contributed by atoms with E-state index < -0.39 is 17.7 Å². The van der Waals surface area contributed by atoms with E-state index in [1.807, 2.05) is 0 Å². The van der Waals surface area contributed by atoms with Gasteiger partial charge in [0.05, 0.1) is 0 Å². The summed E-state index contributed by atoms with van der Waals surface area (Å²) in [7, 11) is 0. The first-order valence-electron chi connectivity index (χ1n) is 8.79. The predicted octanol–water partition coefficient (Wildman–Crippen LogP) is 5.25. The Morgan fingerprint density at radius 3 is 2.12 bits per heavy atom. The Bertz CT molecular complexity index is 527. The third-order valence-electron chi connectivity index (χ3n) is 6.50. The van der Waals surface area contributed by atoms with Crippen LogP contribution in [0.2, 0.25) is 0 Å². The SMILES string of the molecule is O=C(O)C(=CCCC12CC3CC(CC(CCS)(C3)C1)C2)C(F)(F)F. The van der Waals surface area contributed by atoms with Crippen molar-refractivity contribution in [2.75, 3.05) is 5.75 Å². The molecule has 0 spiro atoms. The summed E-state index contributed by atoms with van der Waals surface area (Å²) in [5.74, 6) is 0.403. The molecule has 4 aliphatic rings. The summed E-state index contributed by atoms with van der Waals surface area (Å²) < 4.78 is 38.3. The van der Waals surface area contributed by atoms with Crippen molar-refractivity contribution >= 4 is 18.6 Å². The van der Waals surface area contributed by atoms with Gasteiger partial charge in [-0.25, -0.2) is 4.79 Å². The fourth-order valence-electron chi connectivity index (χ4n) is 6.32. The molecule has 0 aromatic carbocycles. The van der Waals surface area contributed by atoms with Gasteiger partial charge in [-0.3, -0.25) is 0 Å². The topological polar surface area (TPSA) is 37.3 Å². The van der Waals surface area contributed by atoms with E-state index in [4.69, 9.17) is 5.11 Å². The maximum Gasteiger partial charge on any atom is 0.423 e. The van der Waals surface area contributed by atoms with Crippen molar-refractivity contribution in [2.45, 2.75) is 64.0 Å². The minimum Gasteiger partial charge on any atom is -0.478 e. The van der Waals surface area contributed by atoms with Crippen LogP contribution in [0.3, 0.4) is 0 Å². The van der Waals surface area contributed by atoms with Gasteiger partial charge in [0.25, 0.3) is 0 Å². The molecule has 0 amide bonds. The number of carbonyl (C=O) groups is 1. The molecule has 2 atom stereocenters. The minimum absolute atomic E-state index is 0.124. The van der Waals surface area contributed by atoms with Gasteiger partial charge in [0.1, 0.15) is 5.57 Å². The number of aliphatic carboxylic acids is 1. The molecule has 2 unspecified atom stereocenters. The normalized spacial score (nSPS) is 38.6. The maximum atomic E-state index is 12.8. The highest BCUT2D eigenvalue weighted by Crippen LogP contribution is 2.67. The van der Waals surface area contributed by atoms with Crippen LogP contribution in [-0.2, 0) is 4.79 Å². The van der Waals surface area contributed by atoms with Crippen LogP contribution in [0.15, 0.2) is 11.6 Å². The molecule has 4 fully saturated rings. The van der Waals surface area contributed by atoms with Crippen LogP contribution in [0.1, 0.15) is 57.8 Å². The second-order valence-electron chi connectivity index (χ2n) is 8.39. The lowest BCUT2D eigenvalue weighted by Gasteiger charge is -2.62. The summed E-state index contributed by atoms with van der Waals surface area (Å²) in [4.78, 5) is 10.8. The van der Waals surface area contributed by atoms with E-state index in [0.29, 0.717) is 23.7 Å². The Morgan fingerprint density at radius 2 is 1.67 bits per heavy atom. The molecular formula is C18H25F3O2S. The molecule has 0 heterocycles. The standard InChI is InChI=1S/C18H25F3O2S/c19-18(20,21)14(15(22)23)2-1-3-16-7-12-6-13(8-16)10-17(9-12,11-16)4-5-24/h2,12-13,24H,1,3-11H2,(H,22,23). The molecule has 136 valence electrons. The van der Waals surface area contributed by atoms with Crippen molar-refractivity contribution in [1.29, 1.82) is 0 Å². The van der Waals surface area contributed by atoms with Crippen LogP contribution in [0.4, 0.5) is 13.2 Å². The monoisotopic (exact) mass is 362 g/mol. The summed E-state index contributed by atoms with van der Waals surface area (Å²) in [5.41, 5.74) is -0.953. The zero-order valence-electron chi connectivity index (χ0n) is 13.7. The molecule has 0 aliphatic heterocycles. The van der Waals surface area contributed by atoms with Gasteiger partial charge in [-0.05, 0) is 86.2 Å². The van der Waals surface area contributed by atoms with Crippen LogP contribution in [0.5, 0.6) is 0 Å². The number of hydrogen-bond acceptors (Lipinski definition) is 2. The lowest BCUT2D eigenvalue weighted by molar-refractivity contribution is -0.145. The predicted molar refractivity (Wildman–Crippen MR) is 89.0 cm³/mol. The third-order valence-corrected chi connectivity index (χ3v) is 6.73. The smallest absolute Gasteiger partial charge is 0.423 e. The number of carboxylic acids is 1. The molecule has 4 aliphatic carbocycles. The van der Waals surface area contributed by atoms with Crippen LogP contribution >= 0.6 is 12.6 Å². The lowest BCUT2D eigenvalue weighted by Crippen LogP contribution is -2.52. The summed E-state index contributed by atoms with van der Waals surface area (Å²) in [5, 5.41) is 8.78. The van der Waals surface area contributed by atoms with Crippen LogP contribution < -0.4 is 0 Å². The van der Waals surface area contributed by atoms with Crippen molar-refractivity contribution < 1.29 is 23.1 Å². The van der Waals surface area contributed by atoms with E-state index in [1.54, 1.807) is 0 Å². The van der Waals surface area contributed by atoms with Gasteiger partial charge in [-0.15, -0.1) is 0 Å². The highest BCUT2D eigenvalue weighted by atomic mass is 32.1. The van der Waals surface area contributed by atoms with Crippen molar-refractivity contribution in [1.82, 2.24) is 0 Å². The molecule has 0 aromatic rings. The Balaban J connectivity index is 1.72. The second kappa shape index (κ2) is 6.26. The van der Waals surface area contributed by atoms with Crippen molar-refractivity contribution in [2.24, 2.45) is 22.7 Å². The number of halogens is 3. The molecule has 0 saturated heterocycles. The number of carboxylic acid groups (broad SMARTS) is 1. The van der Waals surface area contributed by atoms with Crippen LogP contribution in [-0.4, -0.2) is 23.0 Å². The summed E-state index contributed by atoms with van der Waals surface area (Å²) in [6.45, 7) is 0. The van der Waals surface area contributed by atoms with E-state index in [9.17, 15) is 18.0 Å². The highest BCUT2D eigenvalue weighted by molar-refractivity contribution is 7.80.